The molecule has 0 bridgehead atoms. The van der Waals surface area contributed by atoms with Crippen LogP contribution in [0.3, 0.4) is 0 Å². The van der Waals surface area contributed by atoms with Gasteiger partial charge in [-0.2, -0.15) is 28.2 Å². The molecule has 3 aromatic rings. The molecule has 10 heteroatoms. The van der Waals surface area contributed by atoms with Crippen molar-refractivity contribution in [1.29, 1.82) is 0 Å². The maximum Gasteiger partial charge on any atom is 0.419 e. The Labute approximate surface area is 171 Å². The Morgan fingerprint density at radius 1 is 1.13 bits per heavy atom. The van der Waals surface area contributed by atoms with E-state index >= 15 is 0 Å². The Balaban J connectivity index is 1.71. The van der Waals surface area contributed by atoms with Gasteiger partial charge in [-0.3, -0.25) is 4.79 Å². The van der Waals surface area contributed by atoms with Crippen molar-refractivity contribution in [2.75, 3.05) is 6.54 Å². The first-order chi connectivity index (χ1) is 14.3. The van der Waals surface area contributed by atoms with Crippen LogP contribution in [-0.4, -0.2) is 48.4 Å². The number of nitrogens with zero attached hydrogens (tertiary/aromatic N) is 6. The minimum Gasteiger partial charge on any atom is -0.336 e. The number of hydrogen-bond donors (Lipinski definition) is 0. The molecule has 0 spiro atoms. The van der Waals surface area contributed by atoms with Crippen LogP contribution in [0.25, 0.3) is 5.69 Å². The van der Waals surface area contributed by atoms with E-state index < -0.39 is 11.7 Å². The summed E-state index contributed by atoms with van der Waals surface area (Å²) in [6.45, 7) is 4.23. The third-order valence-electron chi connectivity index (χ3n) is 4.72. The van der Waals surface area contributed by atoms with E-state index in [0.29, 0.717) is 36.5 Å². The maximum atomic E-state index is 13.2. The number of hydrogen-bond acceptors (Lipinski definition) is 5. The number of carbonyl (C=O) groups is 1. The molecule has 0 saturated heterocycles. The SMILES string of the molecule is CCN(C(=O)c1ccccc1-n1nccn1)[C@@H](C)CCc1ncc(C(F)(F)F)cn1. The minimum absolute atomic E-state index is 0.174. The first-order valence-electron chi connectivity index (χ1n) is 9.46. The molecule has 0 unspecified atom stereocenters. The summed E-state index contributed by atoms with van der Waals surface area (Å²) in [6.07, 6.45) is 1.02. The van der Waals surface area contributed by atoms with Crippen LogP contribution < -0.4 is 0 Å². The molecule has 2 heterocycles. The molecule has 0 saturated carbocycles. The summed E-state index contributed by atoms with van der Waals surface area (Å²) in [6, 6.07) is 6.88. The highest BCUT2D eigenvalue weighted by Gasteiger charge is 2.31. The molecule has 0 N–H and O–H groups in total. The molecule has 158 valence electrons. The number of carbonyl (C=O) groups excluding carboxylic acids is 1. The summed E-state index contributed by atoms with van der Waals surface area (Å²) in [5, 5.41) is 8.20. The normalized spacial score (nSPS) is 12.6. The highest BCUT2D eigenvalue weighted by atomic mass is 19.4. The maximum absolute atomic E-state index is 13.2. The van der Waals surface area contributed by atoms with Crippen LogP contribution in [0.5, 0.6) is 0 Å². The van der Waals surface area contributed by atoms with Crippen molar-refractivity contribution >= 4 is 5.91 Å². The Bertz CT molecular complexity index is 973. The van der Waals surface area contributed by atoms with Crippen LogP contribution in [0.4, 0.5) is 13.2 Å². The van der Waals surface area contributed by atoms with Crippen molar-refractivity contribution in [2.45, 2.75) is 38.9 Å². The topological polar surface area (TPSA) is 76.8 Å². The molecule has 0 radical (unpaired) electrons. The molecule has 3 rings (SSSR count). The molecular formula is C20H21F3N6O. The standard InChI is InChI=1S/C20H21F3N6O/c1-3-28(14(2)8-9-18-24-12-15(13-25-18)20(21,22)23)19(30)16-6-4-5-7-17(16)29-26-10-11-27-29/h4-7,10-14H,3,8-9H2,1-2H3/t14-/m0/s1. The summed E-state index contributed by atoms with van der Waals surface area (Å²) < 4.78 is 37.9. The molecule has 7 nitrogen and oxygen atoms in total. The van der Waals surface area contributed by atoms with Gasteiger partial charge in [0.1, 0.15) is 5.82 Å². The molecular weight excluding hydrogens is 397 g/mol. The van der Waals surface area contributed by atoms with Gasteiger partial charge in [0.25, 0.3) is 5.91 Å². The number of halogens is 3. The lowest BCUT2D eigenvalue weighted by atomic mass is 10.1. The number of rotatable bonds is 7. The number of aromatic nitrogens is 5. The number of amides is 1. The highest BCUT2D eigenvalue weighted by molar-refractivity contribution is 5.97. The minimum atomic E-state index is -4.46. The lowest BCUT2D eigenvalue weighted by Crippen LogP contribution is -2.39. The van der Waals surface area contributed by atoms with E-state index in [9.17, 15) is 18.0 Å². The molecule has 0 fully saturated rings. The Morgan fingerprint density at radius 3 is 2.37 bits per heavy atom. The van der Waals surface area contributed by atoms with E-state index in [4.69, 9.17) is 0 Å². The van der Waals surface area contributed by atoms with Crippen molar-refractivity contribution in [1.82, 2.24) is 29.9 Å². The second-order valence-corrected chi connectivity index (χ2v) is 6.70. The smallest absolute Gasteiger partial charge is 0.336 e. The highest BCUT2D eigenvalue weighted by Crippen LogP contribution is 2.27. The first kappa shape index (κ1) is 21.4. The lowest BCUT2D eigenvalue weighted by molar-refractivity contribution is -0.138. The third kappa shape index (κ3) is 4.81. The Hall–Kier alpha value is -3.30. The quantitative estimate of drug-likeness (QED) is 0.586. The van der Waals surface area contributed by atoms with Gasteiger partial charge in [-0.15, -0.1) is 0 Å². The zero-order chi connectivity index (χ0) is 21.7. The van der Waals surface area contributed by atoms with Crippen LogP contribution in [0.1, 0.15) is 42.0 Å². The zero-order valence-electron chi connectivity index (χ0n) is 16.5. The lowest BCUT2D eigenvalue weighted by Gasteiger charge is -2.28. The van der Waals surface area contributed by atoms with Gasteiger partial charge in [-0.25, -0.2) is 9.97 Å². The number of alkyl halides is 3. The van der Waals surface area contributed by atoms with Crippen molar-refractivity contribution in [3.63, 3.8) is 0 Å². The fraction of sp³-hybridized carbons (Fsp3) is 0.350. The van der Waals surface area contributed by atoms with E-state index in [1.807, 2.05) is 13.8 Å². The summed E-state index contributed by atoms with van der Waals surface area (Å²) in [5.41, 5.74) is 0.158. The zero-order valence-corrected chi connectivity index (χ0v) is 16.5. The summed E-state index contributed by atoms with van der Waals surface area (Å²) in [7, 11) is 0. The second-order valence-electron chi connectivity index (χ2n) is 6.70. The third-order valence-corrected chi connectivity index (χ3v) is 4.72. The number of benzene rings is 1. The van der Waals surface area contributed by atoms with Gasteiger partial charge in [0.05, 0.1) is 29.2 Å². The van der Waals surface area contributed by atoms with Gasteiger partial charge in [-0.05, 0) is 32.4 Å². The predicted octanol–water partition coefficient (Wildman–Crippen LogP) is 3.56. The van der Waals surface area contributed by atoms with Gasteiger partial charge in [0.2, 0.25) is 0 Å². The molecule has 1 amide bonds. The van der Waals surface area contributed by atoms with E-state index in [1.54, 1.807) is 29.2 Å². The van der Waals surface area contributed by atoms with Crippen LogP contribution in [0, 0.1) is 0 Å². The van der Waals surface area contributed by atoms with Crippen molar-refractivity contribution < 1.29 is 18.0 Å². The largest absolute Gasteiger partial charge is 0.419 e. The van der Waals surface area contributed by atoms with E-state index in [0.717, 1.165) is 12.4 Å². The van der Waals surface area contributed by atoms with Gasteiger partial charge in [-0.1, -0.05) is 12.1 Å². The van der Waals surface area contributed by atoms with E-state index in [2.05, 4.69) is 20.2 Å². The summed E-state index contributed by atoms with van der Waals surface area (Å²) in [4.78, 5) is 23.9. The molecule has 0 aliphatic rings. The first-order valence-corrected chi connectivity index (χ1v) is 9.46. The van der Waals surface area contributed by atoms with E-state index in [-0.39, 0.29) is 11.9 Å². The fourth-order valence-corrected chi connectivity index (χ4v) is 3.10. The summed E-state index contributed by atoms with van der Waals surface area (Å²) in [5.74, 6) is 0.130. The Kier molecular flexibility index (Phi) is 6.43. The van der Waals surface area contributed by atoms with Gasteiger partial charge < -0.3 is 4.90 Å². The number of aryl methyl sites for hydroxylation is 1. The van der Waals surface area contributed by atoms with Crippen molar-refractivity contribution in [3.8, 4) is 5.69 Å². The second kappa shape index (κ2) is 9.02. The van der Waals surface area contributed by atoms with Crippen LogP contribution in [-0.2, 0) is 12.6 Å². The van der Waals surface area contributed by atoms with Gasteiger partial charge in [0.15, 0.2) is 0 Å². The van der Waals surface area contributed by atoms with Crippen molar-refractivity contribution in [3.05, 3.63) is 66.0 Å². The molecule has 1 aromatic carbocycles. The van der Waals surface area contributed by atoms with Crippen LogP contribution in [0.2, 0.25) is 0 Å². The van der Waals surface area contributed by atoms with Crippen molar-refractivity contribution in [2.24, 2.45) is 0 Å². The van der Waals surface area contributed by atoms with E-state index in [1.165, 1.54) is 17.2 Å². The fourth-order valence-electron chi connectivity index (χ4n) is 3.10. The average Bonchev–Trinajstić information content (AvgIpc) is 3.27. The van der Waals surface area contributed by atoms with Crippen LogP contribution >= 0.6 is 0 Å². The number of para-hydroxylation sites is 1. The summed E-state index contributed by atoms with van der Waals surface area (Å²) >= 11 is 0. The molecule has 0 aliphatic carbocycles. The van der Waals surface area contributed by atoms with Gasteiger partial charge >= 0.3 is 6.18 Å². The monoisotopic (exact) mass is 418 g/mol. The average molecular weight is 418 g/mol. The Morgan fingerprint density at radius 2 is 1.77 bits per heavy atom. The molecule has 0 aliphatic heterocycles. The molecule has 1 atom stereocenters. The molecule has 30 heavy (non-hydrogen) atoms. The predicted molar refractivity (Wildman–Crippen MR) is 103 cm³/mol. The molecule has 2 aromatic heterocycles. The van der Waals surface area contributed by atoms with Crippen LogP contribution in [0.15, 0.2) is 49.1 Å². The van der Waals surface area contributed by atoms with Gasteiger partial charge in [0, 0.05) is 31.4 Å².